The van der Waals surface area contributed by atoms with Crippen molar-refractivity contribution in [3.63, 3.8) is 0 Å². The molecule has 0 spiro atoms. The minimum Gasteiger partial charge on any atom is -0.463 e. The Kier molecular flexibility index (Phi) is 52.7. The molecular weight excluding hydrogens is 1320 g/mol. The minimum atomic E-state index is -5.69. The van der Waals surface area contributed by atoms with Crippen molar-refractivity contribution in [1.29, 1.82) is 0 Å². The Hall–Kier alpha value is -2.04. The number of phosphoric acid groups is 1. The van der Waals surface area contributed by atoms with E-state index in [9.17, 15) is 74.9 Å². The van der Waals surface area contributed by atoms with Crippen molar-refractivity contribution in [3.8, 4) is 0 Å². The topological polar surface area (TPSA) is 374 Å². The summed E-state index contributed by atoms with van der Waals surface area (Å²) in [5, 5.41) is 110. The largest absolute Gasteiger partial charge is 0.472 e. The SMILES string of the molecule is CCCCCCCCCCCCCCCCCCCC(=O)OC(COC(=O)CCCCCCCCCCCCCC)COP(=O)(O)OC1C(OC2OC(CO)C(O)C(O)C2O)C(O)C(O)C(O)C1OC1OC(COC(=O)CCCCCCCCCCCCCCCCCC)C(O)C(O)C1O. The molecule has 18 atom stereocenters. The maximum atomic E-state index is 14.4. The molecule has 2 heterocycles. The number of carbonyl (C=O) groups is 3. The lowest BCUT2D eigenvalue weighted by Gasteiger charge is -2.49. The van der Waals surface area contributed by atoms with Gasteiger partial charge in [0.1, 0.15) is 98.7 Å². The van der Waals surface area contributed by atoms with E-state index >= 15 is 0 Å². The second-order valence-corrected chi connectivity index (χ2v) is 30.2. The van der Waals surface area contributed by atoms with Crippen LogP contribution in [0.15, 0.2) is 0 Å². The van der Waals surface area contributed by atoms with Crippen molar-refractivity contribution in [2.75, 3.05) is 26.4 Å². The molecule has 1 aliphatic carbocycles. The zero-order valence-corrected chi connectivity index (χ0v) is 62.7. The Bertz CT molecular complexity index is 2060. The van der Waals surface area contributed by atoms with Gasteiger partial charge in [0.2, 0.25) is 0 Å². The van der Waals surface area contributed by atoms with Gasteiger partial charge in [0.25, 0.3) is 0 Å². The Morgan fingerprint density at radius 3 is 0.980 bits per heavy atom. The van der Waals surface area contributed by atoms with Crippen LogP contribution in [0.5, 0.6) is 0 Å². The van der Waals surface area contributed by atoms with Crippen molar-refractivity contribution >= 4 is 25.7 Å². The van der Waals surface area contributed by atoms with Gasteiger partial charge in [-0.25, -0.2) is 4.57 Å². The molecule has 590 valence electrons. The molecule has 1 saturated carbocycles. The van der Waals surface area contributed by atoms with E-state index in [1.165, 1.54) is 173 Å². The number of hydrogen-bond acceptors (Lipinski definition) is 23. The molecule has 0 bridgehead atoms. The first kappa shape index (κ1) is 92.2. The fourth-order valence-electron chi connectivity index (χ4n) is 13.4. The van der Waals surface area contributed by atoms with Crippen LogP contribution < -0.4 is 0 Å². The molecule has 0 radical (unpaired) electrons. The summed E-state index contributed by atoms with van der Waals surface area (Å²) in [6.45, 7) is 3.49. The minimum absolute atomic E-state index is 0.0327. The number of ether oxygens (including phenoxy) is 7. The molecule has 0 amide bonds. The second-order valence-electron chi connectivity index (χ2n) is 28.8. The Morgan fingerprint density at radius 2 is 0.640 bits per heavy atom. The van der Waals surface area contributed by atoms with Gasteiger partial charge in [-0.05, 0) is 19.3 Å². The Labute approximate surface area is 600 Å². The lowest BCUT2D eigenvalue weighted by Crippen LogP contribution is -2.69. The molecule has 3 fully saturated rings. The van der Waals surface area contributed by atoms with Crippen LogP contribution in [0.1, 0.15) is 329 Å². The first-order chi connectivity index (χ1) is 48.3. The van der Waals surface area contributed by atoms with E-state index in [1.807, 2.05) is 0 Å². The lowest BCUT2D eigenvalue weighted by molar-refractivity contribution is -0.360. The van der Waals surface area contributed by atoms with Crippen LogP contribution in [0.3, 0.4) is 0 Å². The molecule has 0 aromatic carbocycles. The summed E-state index contributed by atoms with van der Waals surface area (Å²) in [6.07, 6.45) is 15.8. The Morgan fingerprint density at radius 1 is 0.350 bits per heavy atom. The van der Waals surface area contributed by atoms with E-state index in [-0.39, 0.29) is 19.3 Å². The highest BCUT2D eigenvalue weighted by Crippen LogP contribution is 2.49. The number of esters is 3. The standard InChI is InChI=1S/C75H141O24P/c1-4-7-10-13-16-19-22-25-27-29-31-33-36-39-42-45-48-51-61(79)94-56(53-91-59(77)49-46-43-40-37-34-24-21-18-15-12-9-6-3)54-93-100(89,90)99-73-71(97-74-69(87)64(82)62(80)57(52-76)95-74)67(85)66(84)68(86)72(73)98-75-70(88)65(83)63(81)58(96-75)55-92-60(78)50-47-44-41-38-35-32-30-28-26-23-20-17-14-11-8-5-2/h56-58,62-76,80-88H,4-55H2,1-3H3,(H,89,90). The second kappa shape index (κ2) is 57.2. The third-order valence-corrected chi connectivity index (χ3v) is 20.9. The van der Waals surface area contributed by atoms with E-state index in [4.69, 9.17) is 42.2 Å². The average Bonchev–Trinajstić information content (AvgIpc) is 0.761. The van der Waals surface area contributed by atoms with Crippen molar-refractivity contribution < 1.29 is 117 Å². The number of aliphatic hydroxyl groups is 10. The lowest BCUT2D eigenvalue weighted by atomic mass is 9.84. The summed E-state index contributed by atoms with van der Waals surface area (Å²) < 4.78 is 65.1. The molecule has 3 aliphatic rings. The number of carbonyl (C=O) groups excluding carboxylic acids is 3. The summed E-state index contributed by atoms with van der Waals surface area (Å²) in [6, 6.07) is 0. The van der Waals surface area contributed by atoms with Crippen molar-refractivity contribution in [1.82, 2.24) is 0 Å². The zero-order valence-electron chi connectivity index (χ0n) is 61.8. The van der Waals surface area contributed by atoms with Crippen LogP contribution in [0.25, 0.3) is 0 Å². The van der Waals surface area contributed by atoms with Gasteiger partial charge >= 0.3 is 25.7 Å². The summed E-state index contributed by atoms with van der Waals surface area (Å²) in [4.78, 5) is 51.1. The van der Waals surface area contributed by atoms with Gasteiger partial charge in [0.05, 0.1) is 13.2 Å². The number of unbranched alkanes of at least 4 members (excludes halogenated alkanes) is 42. The van der Waals surface area contributed by atoms with Crippen LogP contribution in [0.2, 0.25) is 0 Å². The monoisotopic (exact) mass is 1460 g/mol. The first-order valence-electron chi connectivity index (χ1n) is 39.8. The van der Waals surface area contributed by atoms with Crippen LogP contribution in [0.4, 0.5) is 0 Å². The average molecular weight is 1460 g/mol. The number of hydrogen-bond donors (Lipinski definition) is 11. The molecule has 3 rings (SSSR count). The highest BCUT2D eigenvalue weighted by atomic mass is 31.2. The van der Waals surface area contributed by atoms with E-state index < -0.39 is 156 Å². The van der Waals surface area contributed by atoms with E-state index in [2.05, 4.69) is 20.8 Å². The fourth-order valence-corrected chi connectivity index (χ4v) is 14.4. The van der Waals surface area contributed by atoms with Gasteiger partial charge in [0.15, 0.2) is 18.7 Å². The van der Waals surface area contributed by atoms with E-state index in [0.717, 1.165) is 96.3 Å². The van der Waals surface area contributed by atoms with Crippen LogP contribution in [-0.4, -0.2) is 204 Å². The van der Waals surface area contributed by atoms with E-state index in [0.29, 0.717) is 19.3 Å². The molecular formula is C75H141O24P. The quantitative estimate of drug-likeness (QED) is 0.0117. The van der Waals surface area contributed by atoms with Gasteiger partial charge in [-0.2, -0.15) is 0 Å². The summed E-state index contributed by atoms with van der Waals surface area (Å²) in [5.41, 5.74) is 0. The summed E-state index contributed by atoms with van der Waals surface area (Å²) >= 11 is 0. The summed E-state index contributed by atoms with van der Waals surface area (Å²) in [7, 11) is -5.69. The molecule has 24 nitrogen and oxygen atoms in total. The van der Waals surface area contributed by atoms with Crippen LogP contribution in [0, 0.1) is 0 Å². The van der Waals surface area contributed by atoms with Gasteiger partial charge in [-0.3, -0.25) is 23.4 Å². The highest BCUT2D eigenvalue weighted by Gasteiger charge is 2.58. The maximum absolute atomic E-state index is 14.4. The maximum Gasteiger partial charge on any atom is 0.472 e. The van der Waals surface area contributed by atoms with Crippen molar-refractivity contribution in [2.24, 2.45) is 0 Å². The van der Waals surface area contributed by atoms with Gasteiger partial charge < -0.3 is 89.1 Å². The molecule has 11 N–H and O–H groups in total. The van der Waals surface area contributed by atoms with Crippen molar-refractivity contribution in [2.45, 2.75) is 433 Å². The fraction of sp³-hybridized carbons (Fsp3) is 0.960. The molecule has 100 heavy (non-hydrogen) atoms. The van der Waals surface area contributed by atoms with Gasteiger partial charge in [-0.1, -0.05) is 290 Å². The predicted molar refractivity (Wildman–Crippen MR) is 379 cm³/mol. The molecule has 25 heteroatoms. The third kappa shape index (κ3) is 39.5. The van der Waals surface area contributed by atoms with E-state index in [1.54, 1.807) is 0 Å². The number of rotatable bonds is 63. The highest BCUT2D eigenvalue weighted by molar-refractivity contribution is 7.47. The molecule has 2 saturated heterocycles. The number of phosphoric ester groups is 1. The first-order valence-corrected chi connectivity index (χ1v) is 41.3. The van der Waals surface area contributed by atoms with Gasteiger partial charge in [0, 0.05) is 19.3 Å². The van der Waals surface area contributed by atoms with Gasteiger partial charge in [-0.15, -0.1) is 0 Å². The summed E-state index contributed by atoms with van der Waals surface area (Å²) in [5.74, 6) is -1.97. The normalized spacial score (nSPS) is 27.3. The zero-order chi connectivity index (χ0) is 73.2. The predicted octanol–water partition coefficient (Wildman–Crippen LogP) is 11.7. The smallest absolute Gasteiger partial charge is 0.463 e. The van der Waals surface area contributed by atoms with Crippen molar-refractivity contribution in [3.05, 3.63) is 0 Å². The molecule has 2 aliphatic heterocycles. The number of aliphatic hydroxyl groups excluding tert-OH is 10. The van der Waals surface area contributed by atoms with Crippen LogP contribution >= 0.6 is 7.82 Å². The van der Waals surface area contributed by atoms with Crippen LogP contribution in [-0.2, 0) is 61.2 Å². The molecule has 18 unspecified atom stereocenters. The third-order valence-electron chi connectivity index (χ3n) is 19.9. The molecule has 0 aromatic heterocycles. The molecule has 0 aromatic rings. The Balaban J connectivity index is 1.70.